The summed E-state index contributed by atoms with van der Waals surface area (Å²) in [5.74, 6) is -0.844. The molecule has 3 amide bonds. The summed E-state index contributed by atoms with van der Waals surface area (Å²) in [5, 5.41) is 2.94. The van der Waals surface area contributed by atoms with Crippen LogP contribution >= 0.6 is 0 Å². The number of ketones is 1. The lowest BCUT2D eigenvalue weighted by atomic mass is 10.0. The predicted octanol–water partition coefficient (Wildman–Crippen LogP) is 1.80. The second-order valence-electron chi connectivity index (χ2n) is 11.4. The number of amides is 3. The topological polar surface area (TPSA) is 116 Å². The van der Waals surface area contributed by atoms with E-state index in [1.807, 2.05) is 39.8 Å². The van der Waals surface area contributed by atoms with Crippen LogP contribution < -0.4 is 16.0 Å². The van der Waals surface area contributed by atoms with Crippen LogP contribution in [0.25, 0.3) is 0 Å². The molecule has 1 aromatic rings. The van der Waals surface area contributed by atoms with Gasteiger partial charge in [0.15, 0.2) is 5.78 Å². The van der Waals surface area contributed by atoms with Crippen LogP contribution in [0, 0.1) is 11.8 Å². The van der Waals surface area contributed by atoms with E-state index in [1.165, 1.54) is 12.8 Å². The molecule has 3 aliphatic rings. The SMILES string of the molecule is CC(C)CC(NC(=O)c1ccc(N2CCCC2)cc1)C(=O)N1CCC2C1C(=O)CN2C(=O)C(N)C(C)C. The number of likely N-dealkylation sites (tertiary alicyclic amines) is 2. The van der Waals surface area contributed by atoms with Gasteiger partial charge in [-0.1, -0.05) is 27.7 Å². The van der Waals surface area contributed by atoms with E-state index in [1.54, 1.807) is 21.9 Å². The minimum Gasteiger partial charge on any atom is -0.372 e. The Morgan fingerprint density at radius 1 is 0.973 bits per heavy atom. The Morgan fingerprint density at radius 2 is 1.62 bits per heavy atom. The van der Waals surface area contributed by atoms with Crippen LogP contribution in [-0.4, -0.2) is 83.7 Å². The highest BCUT2D eigenvalue weighted by atomic mass is 16.2. The van der Waals surface area contributed by atoms with Crippen molar-refractivity contribution in [1.82, 2.24) is 15.1 Å². The van der Waals surface area contributed by atoms with Crippen LogP contribution in [0.1, 0.15) is 63.7 Å². The quantitative estimate of drug-likeness (QED) is 0.550. The van der Waals surface area contributed by atoms with Crippen LogP contribution in [0.5, 0.6) is 0 Å². The van der Waals surface area contributed by atoms with Gasteiger partial charge in [-0.2, -0.15) is 0 Å². The van der Waals surface area contributed by atoms with Gasteiger partial charge in [-0.05, 0) is 61.8 Å². The van der Waals surface area contributed by atoms with Crippen molar-refractivity contribution < 1.29 is 19.2 Å². The molecule has 9 heteroatoms. The van der Waals surface area contributed by atoms with Gasteiger partial charge in [0.25, 0.3) is 5.91 Å². The summed E-state index contributed by atoms with van der Waals surface area (Å²) in [5.41, 5.74) is 7.69. The minimum atomic E-state index is -0.750. The highest BCUT2D eigenvalue weighted by molar-refractivity contribution is 6.01. The molecule has 0 spiro atoms. The Balaban J connectivity index is 1.46. The van der Waals surface area contributed by atoms with Crippen molar-refractivity contribution in [3.05, 3.63) is 29.8 Å². The molecule has 202 valence electrons. The Hall–Kier alpha value is -2.94. The first-order valence-electron chi connectivity index (χ1n) is 13.6. The maximum atomic E-state index is 13.7. The van der Waals surface area contributed by atoms with Gasteiger partial charge in [0.1, 0.15) is 12.1 Å². The highest BCUT2D eigenvalue weighted by Crippen LogP contribution is 2.31. The van der Waals surface area contributed by atoms with Gasteiger partial charge in [0, 0.05) is 30.9 Å². The summed E-state index contributed by atoms with van der Waals surface area (Å²) in [4.78, 5) is 58.2. The van der Waals surface area contributed by atoms with E-state index in [0.29, 0.717) is 24.9 Å². The van der Waals surface area contributed by atoms with Gasteiger partial charge in [-0.15, -0.1) is 0 Å². The lowest BCUT2D eigenvalue weighted by molar-refractivity contribution is -0.138. The zero-order valence-electron chi connectivity index (χ0n) is 22.5. The molecule has 0 saturated carbocycles. The number of Topliss-reactive ketones (excluding diaryl/α,β-unsaturated/α-hetero) is 1. The van der Waals surface area contributed by atoms with Gasteiger partial charge < -0.3 is 25.8 Å². The monoisotopic (exact) mass is 511 g/mol. The first-order chi connectivity index (χ1) is 17.6. The number of nitrogens with two attached hydrogens (primary N) is 1. The molecule has 37 heavy (non-hydrogen) atoms. The van der Waals surface area contributed by atoms with E-state index >= 15 is 0 Å². The van der Waals surface area contributed by atoms with Crippen LogP contribution in [0.4, 0.5) is 5.69 Å². The Morgan fingerprint density at radius 3 is 2.22 bits per heavy atom. The zero-order valence-corrected chi connectivity index (χ0v) is 22.5. The Labute approximate surface area is 219 Å². The van der Waals surface area contributed by atoms with Crippen molar-refractivity contribution in [3.63, 3.8) is 0 Å². The predicted molar refractivity (Wildman–Crippen MR) is 142 cm³/mol. The number of anilines is 1. The van der Waals surface area contributed by atoms with Crippen LogP contribution in [0.2, 0.25) is 0 Å². The van der Waals surface area contributed by atoms with Crippen molar-refractivity contribution in [1.29, 1.82) is 0 Å². The van der Waals surface area contributed by atoms with Crippen molar-refractivity contribution in [2.75, 3.05) is 31.1 Å². The van der Waals surface area contributed by atoms with Gasteiger partial charge >= 0.3 is 0 Å². The standard InChI is InChI=1S/C28H41N5O4/c1-17(2)15-21(30-26(35)19-7-9-20(10-8-19)31-12-5-6-13-31)27(36)32-14-11-22-25(32)23(34)16-33(22)28(37)24(29)18(3)4/h7-10,17-18,21-22,24-25H,5-6,11-16,29H2,1-4H3,(H,30,35). The van der Waals surface area contributed by atoms with Crippen molar-refractivity contribution in [2.24, 2.45) is 17.6 Å². The third-order valence-corrected chi connectivity index (χ3v) is 7.90. The van der Waals surface area contributed by atoms with E-state index in [4.69, 9.17) is 5.73 Å². The summed E-state index contributed by atoms with van der Waals surface area (Å²) < 4.78 is 0. The molecule has 3 N–H and O–H groups in total. The molecule has 0 aromatic heterocycles. The Kier molecular flexibility index (Phi) is 8.21. The summed E-state index contributed by atoms with van der Waals surface area (Å²) in [6, 6.07) is 5.04. The molecule has 3 fully saturated rings. The molecule has 1 aromatic carbocycles. The van der Waals surface area contributed by atoms with Crippen molar-refractivity contribution in [2.45, 2.75) is 77.5 Å². The summed E-state index contributed by atoms with van der Waals surface area (Å²) >= 11 is 0. The summed E-state index contributed by atoms with van der Waals surface area (Å²) in [6.45, 7) is 10.2. The van der Waals surface area contributed by atoms with Crippen LogP contribution in [0.3, 0.4) is 0 Å². The number of hydrogen-bond donors (Lipinski definition) is 2. The van der Waals surface area contributed by atoms with E-state index in [0.717, 1.165) is 18.8 Å². The average molecular weight is 512 g/mol. The fourth-order valence-electron chi connectivity index (χ4n) is 5.77. The molecule has 0 radical (unpaired) electrons. The van der Waals surface area contributed by atoms with E-state index in [9.17, 15) is 19.2 Å². The van der Waals surface area contributed by atoms with Crippen LogP contribution in [0.15, 0.2) is 24.3 Å². The molecule has 0 bridgehead atoms. The molecule has 4 atom stereocenters. The first-order valence-corrected chi connectivity index (χ1v) is 13.6. The third-order valence-electron chi connectivity index (χ3n) is 7.90. The van der Waals surface area contributed by atoms with Crippen LogP contribution in [-0.2, 0) is 14.4 Å². The molecular weight excluding hydrogens is 470 g/mol. The number of carbonyl (C=O) groups is 4. The van der Waals surface area contributed by atoms with Gasteiger partial charge in [0.2, 0.25) is 11.8 Å². The number of nitrogens with zero attached hydrogens (tertiary/aromatic N) is 3. The Bertz CT molecular complexity index is 1020. The number of hydrogen-bond acceptors (Lipinski definition) is 6. The maximum Gasteiger partial charge on any atom is 0.251 e. The zero-order chi connectivity index (χ0) is 26.9. The second kappa shape index (κ2) is 11.2. The minimum absolute atomic E-state index is 0.0249. The van der Waals surface area contributed by atoms with Crippen molar-refractivity contribution >= 4 is 29.2 Å². The van der Waals surface area contributed by atoms with E-state index in [-0.39, 0.29) is 47.9 Å². The largest absolute Gasteiger partial charge is 0.372 e. The fourth-order valence-corrected chi connectivity index (χ4v) is 5.77. The van der Waals surface area contributed by atoms with Gasteiger partial charge in [-0.3, -0.25) is 19.2 Å². The van der Waals surface area contributed by atoms with E-state index < -0.39 is 18.1 Å². The normalized spacial score (nSPS) is 23.1. The van der Waals surface area contributed by atoms with Gasteiger partial charge in [-0.25, -0.2) is 0 Å². The number of nitrogens with one attached hydrogen (secondary N) is 1. The van der Waals surface area contributed by atoms with Crippen molar-refractivity contribution in [3.8, 4) is 0 Å². The average Bonchev–Trinajstić information content (AvgIpc) is 3.61. The number of benzene rings is 1. The maximum absolute atomic E-state index is 13.7. The molecule has 4 unspecified atom stereocenters. The number of rotatable bonds is 8. The summed E-state index contributed by atoms with van der Waals surface area (Å²) in [7, 11) is 0. The summed E-state index contributed by atoms with van der Waals surface area (Å²) in [6.07, 6.45) is 3.34. The molecule has 3 saturated heterocycles. The molecule has 9 nitrogen and oxygen atoms in total. The highest BCUT2D eigenvalue weighted by Gasteiger charge is 2.52. The molecule has 3 aliphatic heterocycles. The molecule has 4 rings (SSSR count). The molecule has 3 heterocycles. The van der Waals surface area contributed by atoms with E-state index in [2.05, 4.69) is 10.2 Å². The molecule has 0 aliphatic carbocycles. The van der Waals surface area contributed by atoms with Gasteiger partial charge in [0.05, 0.1) is 18.6 Å². The lowest BCUT2D eigenvalue weighted by Gasteiger charge is -2.29. The molecular formula is C28H41N5O4. The third kappa shape index (κ3) is 5.66. The lowest BCUT2D eigenvalue weighted by Crippen LogP contribution is -2.53. The first kappa shape index (κ1) is 27.1. The fraction of sp³-hybridized carbons (Fsp3) is 0.643. The number of carbonyl (C=O) groups excluding carboxylic acids is 4. The number of fused-ring (bicyclic) bond motifs is 1. The second-order valence-corrected chi connectivity index (χ2v) is 11.4. The smallest absolute Gasteiger partial charge is 0.251 e.